The van der Waals surface area contributed by atoms with Crippen molar-refractivity contribution in [1.82, 2.24) is 0 Å². The molecule has 0 spiro atoms. The first-order chi connectivity index (χ1) is 12.3. The highest BCUT2D eigenvalue weighted by atomic mass is 16.6. The van der Waals surface area contributed by atoms with Crippen LogP contribution in [0, 0.1) is 5.92 Å². The molecule has 1 unspecified atom stereocenters. The Morgan fingerprint density at radius 3 is 1.16 bits per heavy atom. The van der Waals surface area contributed by atoms with E-state index in [4.69, 9.17) is 33.2 Å². The molecule has 0 N–H and O–H groups in total. The van der Waals surface area contributed by atoms with Gasteiger partial charge in [-0.3, -0.25) is 0 Å². The summed E-state index contributed by atoms with van der Waals surface area (Å²) in [5, 5.41) is 0. The fraction of sp³-hybridized carbons (Fsp3) is 1.00. The van der Waals surface area contributed by atoms with Crippen molar-refractivity contribution in [2.45, 2.75) is 20.3 Å². The SMILES string of the molecule is CCC(C)COCCOCCOCCOCCOCCOCCOC. The Morgan fingerprint density at radius 1 is 0.520 bits per heavy atom. The Labute approximate surface area is 153 Å². The molecule has 0 radical (unpaired) electrons. The van der Waals surface area contributed by atoms with E-state index in [1.54, 1.807) is 7.11 Å². The molecule has 1 atom stereocenters. The number of methoxy groups -OCH3 is 1. The minimum Gasteiger partial charge on any atom is -0.382 e. The second-order valence-corrected chi connectivity index (χ2v) is 5.64. The zero-order valence-corrected chi connectivity index (χ0v) is 16.3. The molecule has 7 nitrogen and oxygen atoms in total. The van der Waals surface area contributed by atoms with Crippen molar-refractivity contribution in [3.05, 3.63) is 0 Å². The van der Waals surface area contributed by atoms with Gasteiger partial charge in [0.25, 0.3) is 0 Å². The van der Waals surface area contributed by atoms with Gasteiger partial charge in [0.2, 0.25) is 0 Å². The Hall–Kier alpha value is -0.280. The maximum atomic E-state index is 5.50. The summed E-state index contributed by atoms with van der Waals surface area (Å²) >= 11 is 0. The Balaban J connectivity index is 2.98. The zero-order chi connectivity index (χ0) is 18.4. The fourth-order valence-corrected chi connectivity index (χ4v) is 1.64. The lowest BCUT2D eigenvalue weighted by atomic mass is 10.1. The summed E-state index contributed by atoms with van der Waals surface area (Å²) < 4.78 is 37.2. The highest BCUT2D eigenvalue weighted by Crippen LogP contribution is 1.99. The molecule has 0 aliphatic rings. The summed E-state index contributed by atoms with van der Waals surface area (Å²) in [6.07, 6.45) is 1.15. The summed E-state index contributed by atoms with van der Waals surface area (Å²) in [7, 11) is 1.65. The molecule has 0 aromatic heterocycles. The molecular formula is C18H38O7. The van der Waals surface area contributed by atoms with E-state index in [-0.39, 0.29) is 0 Å². The molecule has 0 bridgehead atoms. The molecule has 0 rings (SSSR count). The number of hydrogen-bond acceptors (Lipinski definition) is 7. The monoisotopic (exact) mass is 366 g/mol. The van der Waals surface area contributed by atoms with Crippen molar-refractivity contribution < 1.29 is 33.2 Å². The van der Waals surface area contributed by atoms with Gasteiger partial charge < -0.3 is 33.2 Å². The molecule has 0 heterocycles. The average molecular weight is 366 g/mol. The van der Waals surface area contributed by atoms with Crippen LogP contribution >= 0.6 is 0 Å². The van der Waals surface area contributed by atoms with Gasteiger partial charge in [0.15, 0.2) is 0 Å². The maximum absolute atomic E-state index is 5.50. The quantitative estimate of drug-likeness (QED) is 0.287. The van der Waals surface area contributed by atoms with E-state index >= 15 is 0 Å². The van der Waals surface area contributed by atoms with E-state index in [1.807, 2.05) is 0 Å². The molecule has 0 saturated carbocycles. The van der Waals surface area contributed by atoms with Crippen molar-refractivity contribution in [2.75, 3.05) is 93.0 Å². The van der Waals surface area contributed by atoms with Crippen molar-refractivity contribution in [3.63, 3.8) is 0 Å². The zero-order valence-electron chi connectivity index (χ0n) is 16.3. The van der Waals surface area contributed by atoms with Crippen LogP contribution in [0.3, 0.4) is 0 Å². The Kier molecular flexibility index (Phi) is 21.5. The molecule has 152 valence electrons. The van der Waals surface area contributed by atoms with Gasteiger partial charge in [-0.1, -0.05) is 20.3 Å². The summed E-state index contributed by atoms with van der Waals surface area (Å²) in [4.78, 5) is 0. The normalized spacial score (nSPS) is 12.6. The highest BCUT2D eigenvalue weighted by molar-refractivity contribution is 4.45. The molecular weight excluding hydrogens is 328 g/mol. The largest absolute Gasteiger partial charge is 0.382 e. The highest BCUT2D eigenvalue weighted by Gasteiger charge is 1.98. The third-order valence-corrected chi connectivity index (χ3v) is 3.39. The van der Waals surface area contributed by atoms with E-state index in [0.29, 0.717) is 85.2 Å². The first-order valence-corrected chi connectivity index (χ1v) is 9.26. The lowest BCUT2D eigenvalue weighted by molar-refractivity contribution is -0.0202. The average Bonchev–Trinajstić information content (AvgIpc) is 2.63. The Bertz CT molecular complexity index is 241. The van der Waals surface area contributed by atoms with Crippen LogP contribution in [0.4, 0.5) is 0 Å². The fourth-order valence-electron chi connectivity index (χ4n) is 1.64. The predicted octanol–water partition coefficient (Wildman–Crippen LogP) is 1.78. The van der Waals surface area contributed by atoms with Crippen LogP contribution in [0.5, 0.6) is 0 Å². The van der Waals surface area contributed by atoms with E-state index in [2.05, 4.69) is 13.8 Å². The number of hydrogen-bond donors (Lipinski definition) is 0. The van der Waals surface area contributed by atoms with Gasteiger partial charge in [-0.15, -0.1) is 0 Å². The standard InChI is InChI=1S/C18H38O7/c1-4-18(2)17-25-16-15-24-14-13-23-12-11-22-10-9-21-8-7-20-6-5-19-3/h18H,4-17H2,1-3H3. The molecule has 0 amide bonds. The van der Waals surface area contributed by atoms with E-state index in [1.165, 1.54) is 0 Å². The molecule has 0 aromatic carbocycles. The van der Waals surface area contributed by atoms with Crippen molar-refractivity contribution in [1.29, 1.82) is 0 Å². The molecule has 0 aliphatic carbocycles. The molecule has 0 saturated heterocycles. The van der Waals surface area contributed by atoms with Crippen LogP contribution in [-0.4, -0.2) is 93.0 Å². The Morgan fingerprint density at radius 2 is 0.840 bits per heavy atom. The summed E-state index contributed by atoms with van der Waals surface area (Å²) in [6.45, 7) is 12.2. The molecule has 0 aromatic rings. The van der Waals surface area contributed by atoms with Crippen molar-refractivity contribution >= 4 is 0 Å². The lowest BCUT2D eigenvalue weighted by Crippen LogP contribution is -2.15. The molecule has 0 fully saturated rings. The lowest BCUT2D eigenvalue weighted by Gasteiger charge is -2.10. The third-order valence-electron chi connectivity index (χ3n) is 3.39. The van der Waals surface area contributed by atoms with E-state index in [9.17, 15) is 0 Å². The van der Waals surface area contributed by atoms with Gasteiger partial charge in [0, 0.05) is 13.7 Å². The van der Waals surface area contributed by atoms with Gasteiger partial charge in [-0.05, 0) is 5.92 Å². The van der Waals surface area contributed by atoms with Gasteiger partial charge >= 0.3 is 0 Å². The summed E-state index contributed by atoms with van der Waals surface area (Å²) in [5.74, 6) is 0.614. The van der Waals surface area contributed by atoms with Gasteiger partial charge in [-0.2, -0.15) is 0 Å². The minimum absolute atomic E-state index is 0.561. The van der Waals surface area contributed by atoms with Crippen LogP contribution < -0.4 is 0 Å². The van der Waals surface area contributed by atoms with Crippen LogP contribution in [0.25, 0.3) is 0 Å². The molecule has 7 heteroatoms. The molecule has 25 heavy (non-hydrogen) atoms. The van der Waals surface area contributed by atoms with Crippen molar-refractivity contribution in [3.8, 4) is 0 Å². The smallest absolute Gasteiger partial charge is 0.0701 e. The topological polar surface area (TPSA) is 64.6 Å². The number of rotatable bonds is 21. The van der Waals surface area contributed by atoms with Crippen LogP contribution in [-0.2, 0) is 33.2 Å². The van der Waals surface area contributed by atoms with Gasteiger partial charge in [0.05, 0.1) is 79.3 Å². The van der Waals surface area contributed by atoms with E-state index < -0.39 is 0 Å². The van der Waals surface area contributed by atoms with Gasteiger partial charge in [0.1, 0.15) is 0 Å². The third kappa shape index (κ3) is 21.7. The maximum Gasteiger partial charge on any atom is 0.0701 e. The van der Waals surface area contributed by atoms with Crippen LogP contribution in [0.15, 0.2) is 0 Å². The van der Waals surface area contributed by atoms with Gasteiger partial charge in [-0.25, -0.2) is 0 Å². The minimum atomic E-state index is 0.561. The van der Waals surface area contributed by atoms with E-state index in [0.717, 1.165) is 13.0 Å². The van der Waals surface area contributed by atoms with Crippen LogP contribution in [0.2, 0.25) is 0 Å². The summed E-state index contributed by atoms with van der Waals surface area (Å²) in [5.41, 5.74) is 0. The second-order valence-electron chi connectivity index (χ2n) is 5.64. The first-order valence-electron chi connectivity index (χ1n) is 9.26. The first kappa shape index (κ1) is 24.7. The second kappa shape index (κ2) is 21.8. The summed E-state index contributed by atoms with van der Waals surface area (Å²) in [6, 6.07) is 0. The predicted molar refractivity (Wildman–Crippen MR) is 96.2 cm³/mol. The number of ether oxygens (including phenoxy) is 7. The van der Waals surface area contributed by atoms with Crippen LogP contribution in [0.1, 0.15) is 20.3 Å². The van der Waals surface area contributed by atoms with Crippen molar-refractivity contribution in [2.24, 2.45) is 5.92 Å². The molecule has 0 aliphatic heterocycles.